The zero-order chi connectivity index (χ0) is 17.8. The van der Waals surface area contributed by atoms with Gasteiger partial charge < -0.3 is 10.1 Å². The lowest BCUT2D eigenvalue weighted by molar-refractivity contribution is -0.122. The van der Waals surface area contributed by atoms with E-state index in [9.17, 15) is 4.79 Å². The molecule has 0 aliphatic carbocycles. The van der Waals surface area contributed by atoms with Crippen molar-refractivity contribution in [3.05, 3.63) is 72.3 Å². The topological polar surface area (TPSA) is 38.3 Å². The number of rotatable bonds is 5. The first-order valence-electron chi connectivity index (χ1n) is 8.60. The molecule has 0 aliphatic heterocycles. The number of carbonyl (C=O) groups is 1. The SMILES string of the molecule is CC(C)c1ccc(NC(=O)[C@@H](C)Oc2cccc3ccccc23)cc1. The second-order valence-electron chi connectivity index (χ2n) is 6.50. The summed E-state index contributed by atoms with van der Waals surface area (Å²) in [6.07, 6.45) is -0.587. The number of carbonyl (C=O) groups excluding carboxylic acids is 1. The molecule has 3 aromatic carbocycles. The minimum Gasteiger partial charge on any atom is -0.480 e. The maximum absolute atomic E-state index is 12.4. The monoisotopic (exact) mass is 333 g/mol. The van der Waals surface area contributed by atoms with Crippen molar-refractivity contribution in [2.45, 2.75) is 32.8 Å². The van der Waals surface area contributed by atoms with E-state index in [1.807, 2.05) is 66.7 Å². The zero-order valence-corrected chi connectivity index (χ0v) is 14.8. The first kappa shape index (κ1) is 17.0. The molecule has 0 radical (unpaired) electrons. The van der Waals surface area contributed by atoms with Crippen LogP contribution in [-0.2, 0) is 4.79 Å². The summed E-state index contributed by atoms with van der Waals surface area (Å²) in [6.45, 7) is 6.06. The lowest BCUT2D eigenvalue weighted by Crippen LogP contribution is -2.30. The third-order valence-electron chi connectivity index (χ3n) is 4.27. The van der Waals surface area contributed by atoms with Crippen molar-refractivity contribution in [3.8, 4) is 5.75 Å². The number of anilines is 1. The van der Waals surface area contributed by atoms with Crippen LogP contribution >= 0.6 is 0 Å². The quantitative estimate of drug-likeness (QED) is 0.682. The number of nitrogens with one attached hydrogen (secondary N) is 1. The summed E-state index contributed by atoms with van der Waals surface area (Å²) in [7, 11) is 0. The van der Waals surface area contributed by atoms with Crippen LogP contribution in [0.25, 0.3) is 10.8 Å². The number of benzene rings is 3. The number of fused-ring (bicyclic) bond motifs is 1. The van der Waals surface area contributed by atoms with Crippen molar-refractivity contribution < 1.29 is 9.53 Å². The van der Waals surface area contributed by atoms with Crippen LogP contribution < -0.4 is 10.1 Å². The molecule has 25 heavy (non-hydrogen) atoms. The molecule has 3 aromatic rings. The molecule has 3 nitrogen and oxygen atoms in total. The van der Waals surface area contributed by atoms with Gasteiger partial charge in [-0.05, 0) is 42.0 Å². The molecule has 0 saturated carbocycles. The Morgan fingerprint density at radius 3 is 2.28 bits per heavy atom. The molecule has 3 rings (SSSR count). The first-order valence-corrected chi connectivity index (χ1v) is 8.60. The van der Waals surface area contributed by atoms with Crippen molar-refractivity contribution in [3.63, 3.8) is 0 Å². The van der Waals surface area contributed by atoms with Crippen LogP contribution in [0.4, 0.5) is 5.69 Å². The van der Waals surface area contributed by atoms with E-state index < -0.39 is 6.10 Å². The van der Waals surface area contributed by atoms with Crippen molar-refractivity contribution >= 4 is 22.4 Å². The maximum Gasteiger partial charge on any atom is 0.265 e. The van der Waals surface area contributed by atoms with Crippen LogP contribution in [-0.4, -0.2) is 12.0 Å². The summed E-state index contributed by atoms with van der Waals surface area (Å²) in [5.74, 6) is 1.03. The van der Waals surface area contributed by atoms with E-state index in [2.05, 4.69) is 19.2 Å². The van der Waals surface area contributed by atoms with Gasteiger partial charge in [0.15, 0.2) is 6.10 Å². The van der Waals surface area contributed by atoms with Crippen LogP contribution in [0.5, 0.6) is 5.75 Å². The molecule has 128 valence electrons. The molecule has 0 bridgehead atoms. The van der Waals surface area contributed by atoms with E-state index in [4.69, 9.17) is 4.74 Å². The van der Waals surface area contributed by atoms with Gasteiger partial charge >= 0.3 is 0 Å². The second kappa shape index (κ2) is 7.39. The van der Waals surface area contributed by atoms with Crippen LogP contribution in [0.15, 0.2) is 66.7 Å². The van der Waals surface area contributed by atoms with E-state index in [0.717, 1.165) is 22.2 Å². The van der Waals surface area contributed by atoms with Crippen molar-refractivity contribution in [1.82, 2.24) is 0 Å². The molecule has 3 heteroatoms. The Balaban J connectivity index is 1.70. The molecule has 0 unspecified atom stereocenters. The van der Waals surface area contributed by atoms with Crippen LogP contribution in [0, 0.1) is 0 Å². The molecular weight excluding hydrogens is 310 g/mol. The average Bonchev–Trinajstić information content (AvgIpc) is 2.62. The van der Waals surface area contributed by atoms with Gasteiger partial charge in [0.1, 0.15) is 5.75 Å². The van der Waals surface area contributed by atoms with Crippen molar-refractivity contribution in [2.24, 2.45) is 0 Å². The van der Waals surface area contributed by atoms with Crippen LogP contribution in [0.2, 0.25) is 0 Å². The second-order valence-corrected chi connectivity index (χ2v) is 6.50. The highest BCUT2D eigenvalue weighted by atomic mass is 16.5. The lowest BCUT2D eigenvalue weighted by Gasteiger charge is -2.16. The molecule has 0 heterocycles. The van der Waals surface area contributed by atoms with Crippen molar-refractivity contribution in [1.29, 1.82) is 0 Å². The minimum absolute atomic E-state index is 0.162. The van der Waals surface area contributed by atoms with Gasteiger partial charge in [-0.1, -0.05) is 62.4 Å². The smallest absolute Gasteiger partial charge is 0.265 e. The third kappa shape index (κ3) is 4.00. The predicted octanol–water partition coefficient (Wildman–Crippen LogP) is 5.37. The molecule has 1 N–H and O–H groups in total. The number of hydrogen-bond donors (Lipinski definition) is 1. The number of amides is 1. The highest BCUT2D eigenvalue weighted by molar-refractivity contribution is 5.95. The van der Waals surface area contributed by atoms with Crippen LogP contribution in [0.3, 0.4) is 0 Å². The predicted molar refractivity (Wildman–Crippen MR) is 103 cm³/mol. The Kier molecular flexibility index (Phi) is 5.03. The van der Waals surface area contributed by atoms with Gasteiger partial charge in [0.2, 0.25) is 0 Å². The van der Waals surface area contributed by atoms with Gasteiger partial charge in [-0.15, -0.1) is 0 Å². The van der Waals surface area contributed by atoms with E-state index in [1.165, 1.54) is 5.56 Å². The molecule has 0 saturated heterocycles. The Morgan fingerprint density at radius 2 is 1.56 bits per heavy atom. The molecule has 0 spiro atoms. The van der Waals surface area contributed by atoms with E-state index in [-0.39, 0.29) is 5.91 Å². The fourth-order valence-corrected chi connectivity index (χ4v) is 2.74. The van der Waals surface area contributed by atoms with Gasteiger partial charge in [-0.2, -0.15) is 0 Å². The fraction of sp³-hybridized carbons (Fsp3) is 0.227. The third-order valence-corrected chi connectivity index (χ3v) is 4.27. The largest absolute Gasteiger partial charge is 0.480 e. The van der Waals surface area contributed by atoms with Crippen LogP contribution in [0.1, 0.15) is 32.3 Å². The van der Waals surface area contributed by atoms with Crippen molar-refractivity contribution in [2.75, 3.05) is 5.32 Å². The molecule has 1 atom stereocenters. The van der Waals surface area contributed by atoms with E-state index in [1.54, 1.807) is 6.92 Å². The molecular formula is C22H23NO2. The summed E-state index contributed by atoms with van der Waals surface area (Å²) < 4.78 is 5.91. The van der Waals surface area contributed by atoms with Gasteiger partial charge in [-0.3, -0.25) is 4.79 Å². The maximum atomic E-state index is 12.4. The summed E-state index contributed by atoms with van der Waals surface area (Å²) >= 11 is 0. The van der Waals surface area contributed by atoms with Gasteiger partial charge in [-0.25, -0.2) is 0 Å². The Hall–Kier alpha value is -2.81. The summed E-state index contributed by atoms with van der Waals surface area (Å²) in [6, 6.07) is 21.8. The van der Waals surface area contributed by atoms with E-state index >= 15 is 0 Å². The van der Waals surface area contributed by atoms with Gasteiger partial charge in [0.05, 0.1) is 0 Å². The van der Waals surface area contributed by atoms with E-state index in [0.29, 0.717) is 5.92 Å². The normalized spacial score (nSPS) is 12.2. The standard InChI is InChI=1S/C22H23NO2/c1-15(2)17-11-13-19(14-12-17)23-22(24)16(3)25-21-10-6-8-18-7-4-5-9-20(18)21/h4-16H,1-3H3,(H,23,24)/t16-/m1/s1. The number of hydrogen-bond acceptors (Lipinski definition) is 2. The first-order chi connectivity index (χ1) is 12.0. The lowest BCUT2D eigenvalue weighted by atomic mass is 10.0. The Labute approximate surface area is 148 Å². The highest BCUT2D eigenvalue weighted by Gasteiger charge is 2.16. The number of ether oxygens (including phenoxy) is 1. The summed E-state index contributed by atoms with van der Waals surface area (Å²) in [5.41, 5.74) is 2.03. The molecule has 1 amide bonds. The van der Waals surface area contributed by atoms with Gasteiger partial charge in [0, 0.05) is 11.1 Å². The Morgan fingerprint density at radius 1 is 0.880 bits per heavy atom. The summed E-state index contributed by atoms with van der Waals surface area (Å²) in [5, 5.41) is 5.01. The molecule has 0 aromatic heterocycles. The molecule has 0 aliphatic rings. The minimum atomic E-state index is -0.587. The zero-order valence-electron chi connectivity index (χ0n) is 14.8. The fourth-order valence-electron chi connectivity index (χ4n) is 2.74. The Bertz CT molecular complexity index is 863. The average molecular weight is 333 g/mol. The summed E-state index contributed by atoms with van der Waals surface area (Å²) in [4.78, 5) is 12.4. The van der Waals surface area contributed by atoms with Gasteiger partial charge in [0.25, 0.3) is 5.91 Å². The highest BCUT2D eigenvalue weighted by Crippen LogP contribution is 2.26. The molecule has 0 fully saturated rings.